The Morgan fingerprint density at radius 2 is 2.11 bits per heavy atom. The number of aryl methyl sites for hydroxylation is 1. The Balaban J connectivity index is 1.93. The first-order valence-electron chi connectivity index (χ1n) is 6.87. The van der Waals surface area contributed by atoms with Gasteiger partial charge in [-0.3, -0.25) is 4.79 Å². The SMILES string of the molecule is CCCCCCNC1C(=O)Nc2ccc(C)cc21. The van der Waals surface area contributed by atoms with Gasteiger partial charge in [0.15, 0.2) is 0 Å². The predicted octanol–water partition coefficient (Wildman–Crippen LogP) is 3.16. The van der Waals surface area contributed by atoms with Crippen LogP contribution in [0.1, 0.15) is 49.8 Å². The molecule has 0 bridgehead atoms. The van der Waals surface area contributed by atoms with Gasteiger partial charge in [-0.1, -0.05) is 43.9 Å². The summed E-state index contributed by atoms with van der Waals surface area (Å²) in [6.45, 7) is 5.17. The minimum absolute atomic E-state index is 0.0751. The molecule has 98 valence electrons. The second kappa shape index (κ2) is 6.01. The van der Waals surface area contributed by atoms with E-state index in [1.54, 1.807) is 0 Å². The second-order valence-corrected chi connectivity index (χ2v) is 5.03. The van der Waals surface area contributed by atoms with Crippen molar-refractivity contribution < 1.29 is 4.79 Å². The lowest BCUT2D eigenvalue weighted by molar-refractivity contribution is -0.117. The van der Waals surface area contributed by atoms with Gasteiger partial charge in [0, 0.05) is 11.3 Å². The average Bonchev–Trinajstić information content (AvgIpc) is 2.65. The van der Waals surface area contributed by atoms with Crippen molar-refractivity contribution in [2.24, 2.45) is 0 Å². The summed E-state index contributed by atoms with van der Waals surface area (Å²) in [6, 6.07) is 5.95. The van der Waals surface area contributed by atoms with Crippen molar-refractivity contribution in [2.75, 3.05) is 11.9 Å². The van der Waals surface area contributed by atoms with E-state index in [9.17, 15) is 4.79 Å². The maximum atomic E-state index is 11.9. The third-order valence-electron chi connectivity index (χ3n) is 3.42. The quantitative estimate of drug-likeness (QED) is 0.757. The Labute approximate surface area is 109 Å². The molecule has 18 heavy (non-hydrogen) atoms. The van der Waals surface area contributed by atoms with Crippen LogP contribution in [0.3, 0.4) is 0 Å². The molecule has 1 aliphatic rings. The predicted molar refractivity (Wildman–Crippen MR) is 74.7 cm³/mol. The van der Waals surface area contributed by atoms with Crippen LogP contribution < -0.4 is 10.6 Å². The number of anilines is 1. The molecule has 0 saturated carbocycles. The molecule has 1 amide bonds. The minimum atomic E-state index is -0.165. The van der Waals surface area contributed by atoms with Gasteiger partial charge in [-0.15, -0.1) is 0 Å². The van der Waals surface area contributed by atoms with Gasteiger partial charge in [0.2, 0.25) is 5.91 Å². The fraction of sp³-hybridized carbons (Fsp3) is 0.533. The van der Waals surface area contributed by atoms with Gasteiger partial charge in [-0.25, -0.2) is 0 Å². The Morgan fingerprint density at radius 3 is 2.89 bits per heavy atom. The molecule has 1 aromatic carbocycles. The number of amides is 1. The fourth-order valence-electron chi connectivity index (χ4n) is 2.38. The van der Waals surface area contributed by atoms with E-state index in [0.29, 0.717) is 0 Å². The Hall–Kier alpha value is -1.35. The minimum Gasteiger partial charge on any atom is -0.324 e. The van der Waals surface area contributed by atoms with Crippen molar-refractivity contribution in [3.8, 4) is 0 Å². The number of hydrogen-bond acceptors (Lipinski definition) is 2. The van der Waals surface area contributed by atoms with Crippen LogP contribution in [-0.2, 0) is 4.79 Å². The summed E-state index contributed by atoms with van der Waals surface area (Å²) in [5, 5.41) is 6.29. The summed E-state index contributed by atoms with van der Waals surface area (Å²) < 4.78 is 0. The zero-order valence-electron chi connectivity index (χ0n) is 11.3. The van der Waals surface area contributed by atoms with E-state index < -0.39 is 0 Å². The Bertz CT molecular complexity index is 429. The highest BCUT2D eigenvalue weighted by molar-refractivity contribution is 6.02. The van der Waals surface area contributed by atoms with E-state index >= 15 is 0 Å². The zero-order chi connectivity index (χ0) is 13.0. The lowest BCUT2D eigenvalue weighted by atomic mass is 10.1. The molecule has 0 spiro atoms. The van der Waals surface area contributed by atoms with Crippen LogP contribution in [-0.4, -0.2) is 12.5 Å². The van der Waals surface area contributed by atoms with Gasteiger partial charge < -0.3 is 10.6 Å². The van der Waals surface area contributed by atoms with Gasteiger partial charge in [0.05, 0.1) is 0 Å². The molecule has 0 fully saturated rings. The monoisotopic (exact) mass is 246 g/mol. The first kappa shape index (κ1) is 13.1. The topological polar surface area (TPSA) is 41.1 Å². The van der Waals surface area contributed by atoms with E-state index in [0.717, 1.165) is 24.2 Å². The van der Waals surface area contributed by atoms with Gasteiger partial charge in [-0.2, -0.15) is 0 Å². The van der Waals surface area contributed by atoms with E-state index in [1.165, 1.54) is 24.8 Å². The molecule has 1 atom stereocenters. The number of carbonyl (C=O) groups excluding carboxylic acids is 1. The van der Waals surface area contributed by atoms with Crippen LogP contribution in [0.4, 0.5) is 5.69 Å². The molecule has 0 aliphatic carbocycles. The number of nitrogens with one attached hydrogen (secondary N) is 2. The summed E-state index contributed by atoms with van der Waals surface area (Å²) in [7, 11) is 0. The molecule has 0 aromatic heterocycles. The van der Waals surface area contributed by atoms with Crippen LogP contribution in [0.5, 0.6) is 0 Å². The molecule has 2 rings (SSSR count). The maximum Gasteiger partial charge on any atom is 0.246 e. The molecule has 0 saturated heterocycles. The first-order valence-corrected chi connectivity index (χ1v) is 6.87. The molecule has 3 nitrogen and oxygen atoms in total. The zero-order valence-corrected chi connectivity index (χ0v) is 11.3. The van der Waals surface area contributed by atoms with E-state index in [2.05, 4.69) is 30.5 Å². The Morgan fingerprint density at radius 1 is 1.28 bits per heavy atom. The maximum absolute atomic E-state index is 11.9. The van der Waals surface area contributed by atoms with Crippen LogP contribution in [0.25, 0.3) is 0 Å². The lowest BCUT2D eigenvalue weighted by Gasteiger charge is -2.11. The van der Waals surface area contributed by atoms with Crippen LogP contribution >= 0.6 is 0 Å². The smallest absolute Gasteiger partial charge is 0.246 e. The number of hydrogen-bond donors (Lipinski definition) is 2. The summed E-state index contributed by atoms with van der Waals surface area (Å²) >= 11 is 0. The van der Waals surface area contributed by atoms with Crippen LogP contribution in [0, 0.1) is 6.92 Å². The highest BCUT2D eigenvalue weighted by Gasteiger charge is 2.29. The Kier molecular flexibility index (Phi) is 4.37. The number of rotatable bonds is 6. The largest absolute Gasteiger partial charge is 0.324 e. The summed E-state index contributed by atoms with van der Waals surface area (Å²) in [5.41, 5.74) is 3.25. The van der Waals surface area contributed by atoms with Crippen LogP contribution in [0.2, 0.25) is 0 Å². The van der Waals surface area contributed by atoms with Crippen molar-refractivity contribution in [1.29, 1.82) is 0 Å². The molecular weight excluding hydrogens is 224 g/mol. The molecule has 2 N–H and O–H groups in total. The van der Waals surface area contributed by atoms with Crippen molar-refractivity contribution in [3.63, 3.8) is 0 Å². The summed E-state index contributed by atoms with van der Waals surface area (Å²) in [6.07, 6.45) is 4.89. The summed E-state index contributed by atoms with van der Waals surface area (Å²) in [5.74, 6) is 0.0751. The van der Waals surface area contributed by atoms with Crippen LogP contribution in [0.15, 0.2) is 18.2 Å². The third kappa shape index (κ3) is 2.91. The highest BCUT2D eigenvalue weighted by atomic mass is 16.2. The fourth-order valence-corrected chi connectivity index (χ4v) is 2.38. The molecular formula is C15H22N2O. The van der Waals surface area contributed by atoms with Gasteiger partial charge in [0.1, 0.15) is 6.04 Å². The standard InChI is InChI=1S/C15H22N2O/c1-3-4-5-6-9-16-14-12-10-11(2)7-8-13(12)17-15(14)18/h7-8,10,14,16H,3-6,9H2,1-2H3,(H,17,18). The summed E-state index contributed by atoms with van der Waals surface area (Å²) in [4.78, 5) is 11.9. The van der Waals surface area contributed by atoms with E-state index in [-0.39, 0.29) is 11.9 Å². The number of unbranched alkanes of at least 4 members (excludes halogenated alkanes) is 3. The van der Waals surface area contributed by atoms with E-state index in [1.807, 2.05) is 12.1 Å². The molecule has 1 aromatic rings. The van der Waals surface area contributed by atoms with Crippen molar-refractivity contribution in [2.45, 2.75) is 45.6 Å². The van der Waals surface area contributed by atoms with Crippen molar-refractivity contribution in [3.05, 3.63) is 29.3 Å². The van der Waals surface area contributed by atoms with Crippen molar-refractivity contribution in [1.82, 2.24) is 5.32 Å². The number of carbonyl (C=O) groups is 1. The molecule has 0 radical (unpaired) electrons. The van der Waals surface area contributed by atoms with Gasteiger partial charge >= 0.3 is 0 Å². The molecule has 3 heteroatoms. The molecule has 1 aliphatic heterocycles. The molecule has 1 heterocycles. The number of benzene rings is 1. The number of fused-ring (bicyclic) bond motifs is 1. The van der Waals surface area contributed by atoms with E-state index in [4.69, 9.17) is 0 Å². The average molecular weight is 246 g/mol. The highest BCUT2D eigenvalue weighted by Crippen LogP contribution is 2.31. The normalized spacial score (nSPS) is 17.7. The second-order valence-electron chi connectivity index (χ2n) is 5.03. The third-order valence-corrected chi connectivity index (χ3v) is 3.42. The van der Waals surface area contributed by atoms with Gasteiger partial charge in [-0.05, 0) is 26.0 Å². The lowest BCUT2D eigenvalue weighted by Crippen LogP contribution is -2.28. The van der Waals surface area contributed by atoms with Gasteiger partial charge in [0.25, 0.3) is 0 Å². The van der Waals surface area contributed by atoms with Crippen molar-refractivity contribution >= 4 is 11.6 Å². The molecule has 1 unspecified atom stereocenters. The first-order chi connectivity index (χ1) is 8.72.